The van der Waals surface area contributed by atoms with E-state index in [1.54, 1.807) is 18.7 Å². The first-order chi connectivity index (χ1) is 9.60. The number of nitrogens with zero attached hydrogens (tertiary/aromatic N) is 1. The van der Waals surface area contributed by atoms with Crippen molar-refractivity contribution < 1.29 is 27.3 Å². The topological polar surface area (TPSA) is 151 Å². The number of carbonyl (C=O) groups excluding carboxylic acids is 2. The van der Waals surface area contributed by atoms with E-state index in [1.807, 2.05) is 0 Å². The zero-order chi connectivity index (χ0) is 16.2. The van der Waals surface area contributed by atoms with Crippen molar-refractivity contribution in [3.63, 3.8) is 0 Å². The molecule has 0 aromatic carbocycles. The number of piperidine rings is 1. The molecule has 11 heteroatoms. The summed E-state index contributed by atoms with van der Waals surface area (Å²) >= 11 is 0. The molecule has 2 atom stereocenters. The third-order valence-corrected chi connectivity index (χ3v) is 3.27. The summed E-state index contributed by atoms with van der Waals surface area (Å²) in [5, 5.41) is 3.50. The molecule has 0 aromatic heterocycles. The van der Waals surface area contributed by atoms with Gasteiger partial charge in [0.05, 0.1) is 18.2 Å². The smallest absolute Gasteiger partial charge is 0.425 e. The Balaban J connectivity index is 2.78. The zero-order valence-electron chi connectivity index (χ0n) is 11.8. The molecular formula is C10H20N4O6S. The van der Waals surface area contributed by atoms with Crippen LogP contribution in [0.1, 0.15) is 26.7 Å². The molecule has 1 aliphatic rings. The molecule has 0 unspecified atom stereocenters. The normalized spacial score (nSPS) is 22.9. The third kappa shape index (κ3) is 5.83. The van der Waals surface area contributed by atoms with Crippen molar-refractivity contribution >= 4 is 22.3 Å². The summed E-state index contributed by atoms with van der Waals surface area (Å²) in [6.07, 6.45) is -0.750. The minimum atomic E-state index is -4.63. The Labute approximate surface area is 122 Å². The molecule has 122 valence electrons. The van der Waals surface area contributed by atoms with Gasteiger partial charge in [-0.15, -0.1) is 0 Å². The number of carbonyl (C=O) groups is 2. The molecule has 0 radical (unpaired) electrons. The van der Waals surface area contributed by atoms with E-state index in [2.05, 4.69) is 5.32 Å². The lowest BCUT2D eigenvalue weighted by Crippen LogP contribution is -2.59. The van der Waals surface area contributed by atoms with Gasteiger partial charge in [0.15, 0.2) is 0 Å². The lowest BCUT2D eigenvalue weighted by molar-refractivity contribution is -0.120. The van der Waals surface area contributed by atoms with Crippen molar-refractivity contribution in [1.82, 2.24) is 15.2 Å². The number of nitrogens with one attached hydrogen (secondary N) is 2. The maximum atomic E-state index is 11.9. The molecule has 0 saturated carbocycles. The molecule has 1 fully saturated rings. The van der Waals surface area contributed by atoms with Gasteiger partial charge in [-0.25, -0.2) is 9.80 Å². The number of rotatable bonds is 5. The van der Waals surface area contributed by atoms with Gasteiger partial charge in [0.25, 0.3) is 0 Å². The summed E-state index contributed by atoms with van der Waals surface area (Å²) in [5.74, 6) is -0.521. The average molecular weight is 324 g/mol. The molecule has 1 aliphatic heterocycles. The quantitative estimate of drug-likeness (QED) is 0.364. The van der Waals surface area contributed by atoms with Gasteiger partial charge < -0.3 is 15.8 Å². The van der Waals surface area contributed by atoms with Crippen LogP contribution in [0.25, 0.3) is 0 Å². The van der Waals surface area contributed by atoms with E-state index < -0.39 is 40.5 Å². The van der Waals surface area contributed by atoms with Crippen LogP contribution in [0.5, 0.6) is 0 Å². The van der Waals surface area contributed by atoms with Gasteiger partial charge in [0.1, 0.15) is 0 Å². The van der Waals surface area contributed by atoms with Crippen molar-refractivity contribution in [2.75, 3.05) is 6.54 Å². The molecule has 0 spiro atoms. The third-order valence-electron chi connectivity index (χ3n) is 2.84. The first-order valence-electron chi connectivity index (χ1n) is 6.37. The minimum Gasteiger partial charge on any atom is -0.446 e. The molecule has 1 saturated heterocycles. The molecule has 0 aliphatic carbocycles. The number of hydrogen-bond acceptors (Lipinski definition) is 6. The fourth-order valence-electron chi connectivity index (χ4n) is 1.95. The zero-order valence-corrected chi connectivity index (χ0v) is 12.6. The molecule has 10 nitrogen and oxygen atoms in total. The Hall–Kier alpha value is -1.43. The van der Waals surface area contributed by atoms with Crippen LogP contribution < -0.4 is 15.9 Å². The first kappa shape index (κ1) is 17.6. The highest BCUT2D eigenvalue weighted by Gasteiger charge is 2.33. The van der Waals surface area contributed by atoms with Gasteiger partial charge >= 0.3 is 16.4 Å². The Morgan fingerprint density at radius 2 is 2.05 bits per heavy atom. The second kappa shape index (κ2) is 7.02. The second-order valence-electron chi connectivity index (χ2n) is 4.96. The maximum Gasteiger partial charge on any atom is 0.425 e. The van der Waals surface area contributed by atoms with E-state index in [0.717, 1.165) is 0 Å². The summed E-state index contributed by atoms with van der Waals surface area (Å²) in [6, 6.07) is -1.15. The van der Waals surface area contributed by atoms with E-state index in [0.29, 0.717) is 17.9 Å². The van der Waals surface area contributed by atoms with Crippen LogP contribution in [-0.2, 0) is 19.8 Å². The summed E-state index contributed by atoms with van der Waals surface area (Å²) in [4.78, 5) is 24.6. The molecule has 2 amide bonds. The predicted molar refractivity (Wildman–Crippen MR) is 72.1 cm³/mol. The summed E-state index contributed by atoms with van der Waals surface area (Å²) in [6.45, 7) is 3.33. The monoisotopic (exact) mass is 324 g/mol. The fraction of sp³-hybridized carbons (Fsp3) is 0.800. The van der Waals surface area contributed by atoms with Crippen molar-refractivity contribution in [2.45, 2.75) is 44.9 Å². The number of hydrazine groups is 1. The molecule has 0 aromatic rings. The van der Waals surface area contributed by atoms with Crippen LogP contribution in [0.2, 0.25) is 0 Å². The number of hydrogen-bond donors (Lipinski definition) is 4. The molecule has 1 heterocycles. The van der Waals surface area contributed by atoms with Crippen LogP contribution in [0, 0.1) is 0 Å². The van der Waals surface area contributed by atoms with E-state index >= 15 is 0 Å². The summed E-state index contributed by atoms with van der Waals surface area (Å²) < 4.78 is 35.7. The Bertz CT molecular complexity index is 486. The molecule has 1 rings (SSSR count). The minimum absolute atomic E-state index is 0.128. The van der Waals surface area contributed by atoms with Crippen LogP contribution in [0.4, 0.5) is 4.79 Å². The highest BCUT2D eigenvalue weighted by molar-refractivity contribution is 7.83. The van der Waals surface area contributed by atoms with Gasteiger partial charge in [-0.05, 0) is 26.7 Å². The molecule has 5 N–H and O–H groups in total. The van der Waals surface area contributed by atoms with Gasteiger partial charge in [-0.3, -0.25) is 9.35 Å². The molecular weight excluding hydrogens is 304 g/mol. The molecule has 0 bridgehead atoms. The molecule has 21 heavy (non-hydrogen) atoms. The highest BCUT2D eigenvalue weighted by atomic mass is 32.2. The standard InChI is InChI=1S/C10H20N4O6S/c1-6(2)20-10(16)14(13-21(17,18)19)7-3-4-8(9(11)15)12-5-7/h6-8,12-13H,3-5H2,1-2H3,(H2,11,15)(H,17,18,19)/t7-,8+/m1/s1. The van der Waals surface area contributed by atoms with Gasteiger partial charge in [0, 0.05) is 6.54 Å². The van der Waals surface area contributed by atoms with E-state index in [1.165, 1.54) is 0 Å². The van der Waals surface area contributed by atoms with Gasteiger partial charge in [-0.1, -0.05) is 4.83 Å². The number of ether oxygens (including phenoxy) is 1. The Kier molecular flexibility index (Phi) is 5.89. The van der Waals surface area contributed by atoms with E-state index in [4.69, 9.17) is 15.0 Å². The lowest BCUT2D eigenvalue weighted by Gasteiger charge is -2.35. The number of nitrogens with two attached hydrogens (primary N) is 1. The largest absolute Gasteiger partial charge is 0.446 e. The van der Waals surface area contributed by atoms with Crippen LogP contribution in [0.3, 0.4) is 0 Å². The van der Waals surface area contributed by atoms with Crippen LogP contribution in [0.15, 0.2) is 0 Å². The SMILES string of the molecule is CC(C)OC(=O)N(NS(=O)(=O)O)[C@@H]1CC[C@@H](C(N)=O)NC1. The van der Waals surface area contributed by atoms with E-state index in [9.17, 15) is 18.0 Å². The predicted octanol–water partition coefficient (Wildman–Crippen LogP) is -1.25. The van der Waals surface area contributed by atoms with Crippen molar-refractivity contribution in [2.24, 2.45) is 5.73 Å². The van der Waals surface area contributed by atoms with Gasteiger partial charge in [0.2, 0.25) is 5.91 Å². The Morgan fingerprint density at radius 1 is 1.43 bits per heavy atom. The summed E-state index contributed by atoms with van der Waals surface area (Å²) in [7, 11) is -4.63. The van der Waals surface area contributed by atoms with Crippen molar-refractivity contribution in [3.8, 4) is 0 Å². The van der Waals surface area contributed by atoms with E-state index in [-0.39, 0.29) is 6.54 Å². The fourth-order valence-corrected chi connectivity index (χ4v) is 2.42. The van der Waals surface area contributed by atoms with Crippen molar-refractivity contribution in [3.05, 3.63) is 0 Å². The number of primary amides is 1. The van der Waals surface area contributed by atoms with Crippen LogP contribution >= 0.6 is 0 Å². The summed E-state index contributed by atoms with van der Waals surface area (Å²) in [5.41, 5.74) is 5.16. The van der Waals surface area contributed by atoms with Crippen molar-refractivity contribution in [1.29, 1.82) is 0 Å². The first-order valence-corrected chi connectivity index (χ1v) is 7.81. The lowest BCUT2D eigenvalue weighted by atomic mass is 10.0. The highest BCUT2D eigenvalue weighted by Crippen LogP contribution is 2.14. The average Bonchev–Trinajstić information content (AvgIpc) is 2.34. The second-order valence-corrected chi connectivity index (χ2v) is 6.10. The maximum absolute atomic E-state index is 11.9. The van der Waals surface area contributed by atoms with Crippen LogP contribution in [-0.4, -0.2) is 54.7 Å². The number of amides is 2. The Morgan fingerprint density at radius 3 is 2.43 bits per heavy atom. The van der Waals surface area contributed by atoms with Gasteiger partial charge in [-0.2, -0.15) is 8.42 Å².